The molecule has 2 amide bonds. The highest BCUT2D eigenvalue weighted by molar-refractivity contribution is 5.76. The average Bonchev–Trinajstić information content (AvgIpc) is 2.97. The molecule has 2 rings (SSSR count). The fourth-order valence-corrected chi connectivity index (χ4v) is 3.03. The van der Waals surface area contributed by atoms with Gasteiger partial charge in [-0.3, -0.25) is 4.79 Å². The Balaban J connectivity index is 1.66. The molecule has 1 radical (unpaired) electrons. The Labute approximate surface area is 134 Å². The van der Waals surface area contributed by atoms with Crippen LogP contribution < -0.4 is 0 Å². The molecule has 5 heteroatoms. The highest BCUT2D eigenvalue weighted by Crippen LogP contribution is 2.24. The van der Waals surface area contributed by atoms with Gasteiger partial charge in [0.05, 0.1) is 0 Å². The highest BCUT2D eigenvalue weighted by atomic mass is 16.6. The van der Waals surface area contributed by atoms with Gasteiger partial charge in [-0.05, 0) is 58.8 Å². The Bertz CT molecular complexity index is 389. The van der Waals surface area contributed by atoms with Gasteiger partial charge in [-0.2, -0.15) is 0 Å². The monoisotopic (exact) mass is 309 g/mol. The van der Waals surface area contributed by atoms with Gasteiger partial charge in [0.15, 0.2) is 0 Å². The van der Waals surface area contributed by atoms with Gasteiger partial charge >= 0.3 is 6.09 Å². The molecule has 0 bridgehead atoms. The van der Waals surface area contributed by atoms with Gasteiger partial charge in [0.25, 0.3) is 0 Å². The molecule has 2 saturated heterocycles. The lowest BCUT2D eigenvalue weighted by Crippen LogP contribution is -2.41. The van der Waals surface area contributed by atoms with Crippen molar-refractivity contribution in [2.75, 3.05) is 26.2 Å². The van der Waals surface area contributed by atoms with E-state index < -0.39 is 5.60 Å². The molecule has 5 nitrogen and oxygen atoms in total. The largest absolute Gasteiger partial charge is 0.444 e. The second kappa shape index (κ2) is 7.34. The van der Waals surface area contributed by atoms with Crippen molar-refractivity contribution in [2.45, 2.75) is 58.5 Å². The normalized spacial score (nSPS) is 20.3. The number of nitrogens with zero attached hydrogens (tertiary/aromatic N) is 2. The van der Waals surface area contributed by atoms with Crippen LogP contribution in [0.5, 0.6) is 0 Å². The van der Waals surface area contributed by atoms with Crippen molar-refractivity contribution in [1.29, 1.82) is 0 Å². The minimum Gasteiger partial charge on any atom is -0.444 e. The van der Waals surface area contributed by atoms with Gasteiger partial charge < -0.3 is 14.5 Å². The molecule has 0 unspecified atom stereocenters. The quantitative estimate of drug-likeness (QED) is 0.805. The van der Waals surface area contributed by atoms with E-state index in [0.717, 1.165) is 51.9 Å². The third-order valence-corrected chi connectivity index (χ3v) is 4.34. The summed E-state index contributed by atoms with van der Waals surface area (Å²) in [5.74, 6) is 0.831. The van der Waals surface area contributed by atoms with Crippen molar-refractivity contribution in [2.24, 2.45) is 5.92 Å². The van der Waals surface area contributed by atoms with Gasteiger partial charge in [-0.1, -0.05) is 0 Å². The number of likely N-dealkylation sites (tertiary alicyclic amines) is 2. The van der Waals surface area contributed by atoms with E-state index in [1.807, 2.05) is 25.7 Å². The topological polar surface area (TPSA) is 49.9 Å². The summed E-state index contributed by atoms with van der Waals surface area (Å²) in [6.07, 6.45) is 6.51. The van der Waals surface area contributed by atoms with Crippen molar-refractivity contribution in [3.05, 3.63) is 6.42 Å². The summed E-state index contributed by atoms with van der Waals surface area (Å²) < 4.78 is 5.40. The van der Waals surface area contributed by atoms with Gasteiger partial charge in [0, 0.05) is 32.6 Å². The summed E-state index contributed by atoms with van der Waals surface area (Å²) in [6.45, 7) is 8.85. The molecular weight excluding hydrogens is 280 g/mol. The fourth-order valence-electron chi connectivity index (χ4n) is 3.03. The third-order valence-electron chi connectivity index (χ3n) is 4.34. The van der Waals surface area contributed by atoms with Crippen LogP contribution in [0.2, 0.25) is 0 Å². The predicted octanol–water partition coefficient (Wildman–Crippen LogP) is 2.85. The smallest absolute Gasteiger partial charge is 0.410 e. The maximum absolute atomic E-state index is 12.0. The Kier molecular flexibility index (Phi) is 5.70. The van der Waals surface area contributed by atoms with Crippen molar-refractivity contribution in [3.63, 3.8) is 0 Å². The SMILES string of the molecule is CC(C)(C)OC(=O)N1CCC(CCC(=O)N2C[CH]CC2)CC1. The Hall–Kier alpha value is -1.26. The van der Waals surface area contributed by atoms with Crippen LogP contribution in [0, 0.1) is 12.3 Å². The van der Waals surface area contributed by atoms with Gasteiger partial charge in [0.2, 0.25) is 5.91 Å². The van der Waals surface area contributed by atoms with Crippen LogP contribution in [-0.2, 0) is 9.53 Å². The van der Waals surface area contributed by atoms with E-state index in [1.165, 1.54) is 0 Å². The zero-order valence-corrected chi connectivity index (χ0v) is 14.1. The number of carbonyl (C=O) groups excluding carboxylic acids is 2. The molecule has 0 atom stereocenters. The van der Waals surface area contributed by atoms with E-state index in [1.54, 1.807) is 4.90 Å². The van der Waals surface area contributed by atoms with Crippen LogP contribution in [0.15, 0.2) is 0 Å². The second-order valence-corrected chi connectivity index (χ2v) is 7.37. The van der Waals surface area contributed by atoms with E-state index in [4.69, 9.17) is 4.74 Å². The zero-order valence-electron chi connectivity index (χ0n) is 14.1. The molecule has 22 heavy (non-hydrogen) atoms. The maximum Gasteiger partial charge on any atom is 0.410 e. The van der Waals surface area contributed by atoms with Crippen LogP contribution in [0.4, 0.5) is 4.79 Å². The lowest BCUT2D eigenvalue weighted by Gasteiger charge is -2.33. The molecule has 2 heterocycles. The number of hydrogen-bond acceptors (Lipinski definition) is 3. The molecule has 0 spiro atoms. The molecule has 125 valence electrons. The van der Waals surface area contributed by atoms with Gasteiger partial charge in [0.1, 0.15) is 5.60 Å². The molecule has 0 N–H and O–H groups in total. The summed E-state index contributed by atoms with van der Waals surface area (Å²) in [5.41, 5.74) is -0.437. The predicted molar refractivity (Wildman–Crippen MR) is 85.3 cm³/mol. The van der Waals surface area contributed by atoms with Crippen LogP contribution in [-0.4, -0.2) is 53.6 Å². The Morgan fingerprint density at radius 3 is 2.36 bits per heavy atom. The second-order valence-electron chi connectivity index (χ2n) is 7.37. The first kappa shape index (κ1) is 17.1. The molecule has 2 aliphatic heterocycles. The van der Waals surface area contributed by atoms with Gasteiger partial charge in [-0.15, -0.1) is 0 Å². The number of carbonyl (C=O) groups is 2. The fraction of sp³-hybridized carbons (Fsp3) is 0.824. The van der Waals surface area contributed by atoms with E-state index in [-0.39, 0.29) is 12.0 Å². The van der Waals surface area contributed by atoms with Crippen molar-refractivity contribution in [1.82, 2.24) is 9.80 Å². The van der Waals surface area contributed by atoms with Crippen LogP contribution in [0.1, 0.15) is 52.9 Å². The molecule has 2 fully saturated rings. The summed E-state index contributed by atoms with van der Waals surface area (Å²) in [6, 6.07) is 0. The van der Waals surface area contributed by atoms with Crippen LogP contribution >= 0.6 is 0 Å². The van der Waals surface area contributed by atoms with E-state index in [9.17, 15) is 9.59 Å². The first-order chi connectivity index (χ1) is 10.3. The number of ether oxygens (including phenoxy) is 1. The van der Waals surface area contributed by atoms with Crippen LogP contribution in [0.25, 0.3) is 0 Å². The molecule has 2 aliphatic rings. The summed E-state index contributed by atoms with van der Waals surface area (Å²) in [5, 5.41) is 0. The number of hydrogen-bond donors (Lipinski definition) is 0. The molecule has 0 aliphatic carbocycles. The van der Waals surface area contributed by atoms with E-state index in [2.05, 4.69) is 6.42 Å². The molecular formula is C17H29N2O3. The lowest BCUT2D eigenvalue weighted by molar-refractivity contribution is -0.130. The molecule has 0 saturated carbocycles. The number of rotatable bonds is 3. The zero-order chi connectivity index (χ0) is 16.2. The summed E-state index contributed by atoms with van der Waals surface area (Å²) in [7, 11) is 0. The Morgan fingerprint density at radius 2 is 1.82 bits per heavy atom. The Morgan fingerprint density at radius 1 is 1.14 bits per heavy atom. The first-order valence-corrected chi connectivity index (χ1v) is 8.42. The van der Waals surface area contributed by atoms with Crippen molar-refractivity contribution in [3.8, 4) is 0 Å². The first-order valence-electron chi connectivity index (χ1n) is 8.42. The standard InChI is InChI=1S/C17H29N2O3/c1-17(2,3)22-16(21)19-12-8-14(9-13-19)6-7-15(20)18-10-4-5-11-18/h4,14H,5-13H2,1-3H3. The van der Waals surface area contributed by atoms with E-state index >= 15 is 0 Å². The van der Waals surface area contributed by atoms with Crippen molar-refractivity contribution >= 4 is 12.0 Å². The van der Waals surface area contributed by atoms with Crippen molar-refractivity contribution < 1.29 is 14.3 Å². The summed E-state index contributed by atoms with van der Waals surface area (Å²) >= 11 is 0. The number of piperidine rings is 1. The molecule has 0 aromatic rings. The van der Waals surface area contributed by atoms with Gasteiger partial charge in [-0.25, -0.2) is 4.79 Å². The third kappa shape index (κ3) is 5.18. The molecule has 0 aromatic heterocycles. The number of amides is 2. The summed E-state index contributed by atoms with van der Waals surface area (Å²) in [4.78, 5) is 27.8. The molecule has 0 aromatic carbocycles. The minimum atomic E-state index is -0.437. The van der Waals surface area contributed by atoms with Crippen LogP contribution in [0.3, 0.4) is 0 Å². The minimum absolute atomic E-state index is 0.213. The average molecular weight is 309 g/mol. The van der Waals surface area contributed by atoms with E-state index in [0.29, 0.717) is 12.3 Å². The lowest BCUT2D eigenvalue weighted by atomic mass is 9.92. The maximum atomic E-state index is 12.0. The highest BCUT2D eigenvalue weighted by Gasteiger charge is 2.27.